The second-order valence-electron chi connectivity index (χ2n) is 9.42. The van der Waals surface area contributed by atoms with Crippen LogP contribution in [0.5, 0.6) is 0 Å². The zero-order valence-corrected chi connectivity index (χ0v) is 18.6. The third-order valence-corrected chi connectivity index (χ3v) is 6.86. The van der Waals surface area contributed by atoms with E-state index in [1.54, 1.807) is 0 Å². The Kier molecular flexibility index (Phi) is 12.7. The van der Waals surface area contributed by atoms with Crippen LogP contribution in [0, 0.1) is 17.8 Å². The number of carbonyl (C=O) groups excluding carboxylic acids is 1. The van der Waals surface area contributed by atoms with E-state index >= 15 is 0 Å². The molecule has 0 aromatic heterocycles. The summed E-state index contributed by atoms with van der Waals surface area (Å²) in [5.41, 5.74) is 0. The molecule has 2 bridgehead atoms. The van der Waals surface area contributed by atoms with Crippen molar-refractivity contribution in [3.05, 3.63) is 12.2 Å². The normalized spacial score (nSPS) is 22.8. The van der Waals surface area contributed by atoms with Gasteiger partial charge in [-0.25, -0.2) is 0 Å². The first-order valence-corrected chi connectivity index (χ1v) is 12.6. The first kappa shape index (κ1) is 23.5. The number of ether oxygens (including phenoxy) is 1. The molecule has 2 rings (SSSR count). The van der Waals surface area contributed by atoms with Gasteiger partial charge >= 0.3 is 5.97 Å². The van der Waals surface area contributed by atoms with Crippen molar-refractivity contribution in [2.75, 3.05) is 6.61 Å². The lowest BCUT2D eigenvalue weighted by atomic mass is 9.95. The Balaban J connectivity index is 1.26. The van der Waals surface area contributed by atoms with Gasteiger partial charge in [-0.3, -0.25) is 4.79 Å². The highest BCUT2D eigenvalue weighted by Crippen LogP contribution is 2.43. The second-order valence-corrected chi connectivity index (χ2v) is 9.42. The number of carbonyl (C=O) groups is 1. The van der Waals surface area contributed by atoms with Crippen molar-refractivity contribution in [3.63, 3.8) is 0 Å². The molecule has 162 valence electrons. The molecule has 1 fully saturated rings. The van der Waals surface area contributed by atoms with Crippen molar-refractivity contribution in [1.29, 1.82) is 0 Å². The minimum Gasteiger partial charge on any atom is -0.465 e. The Morgan fingerprint density at radius 3 is 1.75 bits per heavy atom. The van der Waals surface area contributed by atoms with Gasteiger partial charge in [-0.2, -0.15) is 0 Å². The van der Waals surface area contributed by atoms with Crippen LogP contribution < -0.4 is 0 Å². The topological polar surface area (TPSA) is 26.3 Å². The van der Waals surface area contributed by atoms with Crippen molar-refractivity contribution in [2.24, 2.45) is 17.8 Å². The molecule has 1 saturated carbocycles. The zero-order chi connectivity index (χ0) is 19.9. The van der Waals surface area contributed by atoms with Crippen molar-refractivity contribution in [3.8, 4) is 0 Å². The molecule has 2 heteroatoms. The first-order chi connectivity index (χ1) is 13.8. The first-order valence-electron chi connectivity index (χ1n) is 12.6. The van der Waals surface area contributed by atoms with Crippen LogP contribution in [0.4, 0.5) is 0 Å². The van der Waals surface area contributed by atoms with E-state index in [4.69, 9.17) is 4.74 Å². The van der Waals surface area contributed by atoms with Crippen LogP contribution in [0.1, 0.15) is 122 Å². The lowest BCUT2D eigenvalue weighted by Crippen LogP contribution is -2.17. The fourth-order valence-corrected chi connectivity index (χ4v) is 5.00. The average Bonchev–Trinajstić information content (AvgIpc) is 3.32. The molecule has 0 aromatic rings. The number of hydrogen-bond donors (Lipinski definition) is 0. The molecule has 3 atom stereocenters. The highest BCUT2D eigenvalue weighted by molar-refractivity contribution is 5.69. The number of fused-ring (bicyclic) bond motifs is 2. The van der Waals surface area contributed by atoms with Crippen molar-refractivity contribution >= 4 is 5.97 Å². The molecule has 0 saturated heterocycles. The SMILES string of the molecule is CCCCCCCCCCCCCCCCCC(=O)OCC1CC2C=CC1C2. The molecule has 2 aliphatic carbocycles. The summed E-state index contributed by atoms with van der Waals surface area (Å²) in [6.07, 6.45) is 28.2. The van der Waals surface area contributed by atoms with Gasteiger partial charge in [0.2, 0.25) is 0 Å². The third kappa shape index (κ3) is 10.1. The summed E-state index contributed by atoms with van der Waals surface area (Å²) < 4.78 is 5.52. The van der Waals surface area contributed by atoms with Crippen LogP contribution >= 0.6 is 0 Å². The lowest BCUT2D eigenvalue weighted by Gasteiger charge is -2.17. The molecule has 0 heterocycles. The Morgan fingerprint density at radius 1 is 0.750 bits per heavy atom. The second kappa shape index (κ2) is 15.1. The van der Waals surface area contributed by atoms with Gasteiger partial charge in [0.1, 0.15) is 0 Å². The van der Waals surface area contributed by atoms with Gasteiger partial charge in [-0.15, -0.1) is 0 Å². The van der Waals surface area contributed by atoms with Crippen LogP contribution in [-0.4, -0.2) is 12.6 Å². The molecule has 28 heavy (non-hydrogen) atoms. The van der Waals surface area contributed by atoms with Gasteiger partial charge in [0, 0.05) is 6.42 Å². The van der Waals surface area contributed by atoms with E-state index in [0.717, 1.165) is 12.3 Å². The quantitative estimate of drug-likeness (QED) is 0.135. The van der Waals surface area contributed by atoms with Gasteiger partial charge in [0.05, 0.1) is 6.61 Å². The fraction of sp³-hybridized carbons (Fsp3) is 0.885. The molecule has 0 amide bonds. The fourth-order valence-electron chi connectivity index (χ4n) is 5.00. The number of rotatable bonds is 18. The number of hydrogen-bond acceptors (Lipinski definition) is 2. The molecule has 0 radical (unpaired) electrons. The van der Waals surface area contributed by atoms with E-state index in [-0.39, 0.29) is 5.97 Å². The Morgan fingerprint density at radius 2 is 1.29 bits per heavy atom. The summed E-state index contributed by atoms with van der Waals surface area (Å²) >= 11 is 0. The number of allylic oxidation sites excluding steroid dienone is 2. The summed E-state index contributed by atoms with van der Waals surface area (Å²) in [6, 6.07) is 0. The predicted octanol–water partition coefficient (Wildman–Crippen LogP) is 8.00. The van der Waals surface area contributed by atoms with Crippen LogP contribution in [0.2, 0.25) is 0 Å². The maximum absolute atomic E-state index is 11.9. The molecule has 0 spiro atoms. The van der Waals surface area contributed by atoms with Crippen molar-refractivity contribution < 1.29 is 9.53 Å². The Labute approximate surface area is 174 Å². The summed E-state index contributed by atoms with van der Waals surface area (Å²) in [5.74, 6) is 2.08. The smallest absolute Gasteiger partial charge is 0.305 e. The van der Waals surface area contributed by atoms with Gasteiger partial charge in [-0.1, -0.05) is 109 Å². The zero-order valence-electron chi connectivity index (χ0n) is 18.6. The summed E-state index contributed by atoms with van der Waals surface area (Å²) in [6.45, 7) is 2.94. The van der Waals surface area contributed by atoms with Crippen LogP contribution in [-0.2, 0) is 9.53 Å². The van der Waals surface area contributed by atoms with Crippen LogP contribution in [0.25, 0.3) is 0 Å². The molecular formula is C26H46O2. The predicted molar refractivity (Wildman–Crippen MR) is 119 cm³/mol. The maximum atomic E-state index is 11.9. The minimum absolute atomic E-state index is 0.0291. The van der Waals surface area contributed by atoms with Gasteiger partial charge in [-0.05, 0) is 37.0 Å². The van der Waals surface area contributed by atoms with E-state index in [1.807, 2.05) is 0 Å². The molecule has 0 N–H and O–H groups in total. The standard InChI is InChI=1S/C26H46O2/c1-2-3-4-5-6-7-8-9-10-11-12-13-14-15-16-17-26(27)28-22-25-21-23-18-19-24(25)20-23/h18-19,23-25H,2-17,20-22H2,1H3. The van der Waals surface area contributed by atoms with E-state index in [9.17, 15) is 4.79 Å². The maximum Gasteiger partial charge on any atom is 0.305 e. The average molecular weight is 391 g/mol. The molecule has 0 aliphatic heterocycles. The Bertz CT molecular complexity index is 428. The Hall–Kier alpha value is -0.790. The van der Waals surface area contributed by atoms with Gasteiger partial charge in [0.15, 0.2) is 0 Å². The summed E-state index contributed by atoms with van der Waals surface area (Å²) in [4.78, 5) is 11.9. The molecule has 2 aliphatic rings. The largest absolute Gasteiger partial charge is 0.465 e. The molecule has 2 nitrogen and oxygen atoms in total. The van der Waals surface area contributed by atoms with E-state index in [0.29, 0.717) is 24.9 Å². The van der Waals surface area contributed by atoms with E-state index in [2.05, 4.69) is 19.1 Å². The van der Waals surface area contributed by atoms with E-state index < -0.39 is 0 Å². The molecule has 3 unspecified atom stereocenters. The highest BCUT2D eigenvalue weighted by Gasteiger charge is 2.36. The minimum atomic E-state index is 0.0291. The summed E-state index contributed by atoms with van der Waals surface area (Å²) in [5, 5.41) is 0. The van der Waals surface area contributed by atoms with Crippen molar-refractivity contribution in [1.82, 2.24) is 0 Å². The van der Waals surface area contributed by atoms with E-state index in [1.165, 1.54) is 103 Å². The third-order valence-electron chi connectivity index (χ3n) is 6.86. The lowest BCUT2D eigenvalue weighted by molar-refractivity contribution is -0.145. The molecule has 0 aromatic carbocycles. The van der Waals surface area contributed by atoms with Crippen LogP contribution in [0.15, 0.2) is 12.2 Å². The van der Waals surface area contributed by atoms with Gasteiger partial charge in [0.25, 0.3) is 0 Å². The van der Waals surface area contributed by atoms with Crippen LogP contribution in [0.3, 0.4) is 0 Å². The van der Waals surface area contributed by atoms with Gasteiger partial charge < -0.3 is 4.74 Å². The van der Waals surface area contributed by atoms with Crippen molar-refractivity contribution in [2.45, 2.75) is 122 Å². The number of esters is 1. The number of unbranched alkanes of at least 4 members (excludes halogenated alkanes) is 14. The highest BCUT2D eigenvalue weighted by atomic mass is 16.5. The molecular weight excluding hydrogens is 344 g/mol. The summed E-state index contributed by atoms with van der Waals surface area (Å²) in [7, 11) is 0. The monoisotopic (exact) mass is 390 g/mol.